The van der Waals surface area contributed by atoms with E-state index in [1.165, 1.54) is 11.3 Å². The Morgan fingerprint density at radius 3 is 2.38 bits per heavy atom. The maximum atomic E-state index is 11.1. The molecule has 0 spiro atoms. The lowest BCUT2D eigenvalue weighted by Crippen LogP contribution is -2.05. The highest BCUT2D eigenvalue weighted by Gasteiger charge is 2.19. The molecule has 2 rings (SSSR count). The third-order valence-electron chi connectivity index (χ3n) is 2.39. The molecule has 2 aromatic heterocycles. The Kier molecular flexibility index (Phi) is 2.55. The number of carboxylic acids is 1. The number of thiazole rings is 1. The third kappa shape index (κ3) is 1.63. The molecule has 4 nitrogen and oxygen atoms in total. The van der Waals surface area contributed by atoms with Gasteiger partial charge in [0.15, 0.2) is 5.69 Å². The molecule has 2 heterocycles. The number of aromatic carboxylic acids is 1. The normalized spacial score (nSPS) is 10.7. The first kappa shape index (κ1) is 10.9. The fourth-order valence-corrected chi connectivity index (χ4v) is 2.72. The quantitative estimate of drug-likeness (QED) is 0.871. The molecular weight excluding hydrogens is 224 g/mol. The van der Waals surface area contributed by atoms with Gasteiger partial charge in [0.05, 0.1) is 5.01 Å². The van der Waals surface area contributed by atoms with Crippen molar-refractivity contribution in [2.24, 2.45) is 0 Å². The fourth-order valence-electron chi connectivity index (χ4n) is 1.70. The molecule has 16 heavy (non-hydrogen) atoms. The molecule has 0 radical (unpaired) electrons. The second-order valence-corrected chi connectivity index (χ2v) is 4.82. The second kappa shape index (κ2) is 3.75. The highest BCUT2D eigenvalue weighted by atomic mass is 32.1. The zero-order valence-electron chi connectivity index (χ0n) is 9.31. The highest BCUT2D eigenvalue weighted by molar-refractivity contribution is 7.14. The molecule has 0 aliphatic carbocycles. The Labute approximate surface area is 97.2 Å². The van der Waals surface area contributed by atoms with Crippen molar-refractivity contribution in [3.63, 3.8) is 0 Å². The summed E-state index contributed by atoms with van der Waals surface area (Å²) in [7, 11) is 0. The second-order valence-electron chi connectivity index (χ2n) is 3.64. The minimum Gasteiger partial charge on any atom is -0.476 e. The molecule has 0 amide bonds. The summed E-state index contributed by atoms with van der Waals surface area (Å²) in [6.07, 6.45) is 0. The molecule has 0 atom stereocenters. The van der Waals surface area contributed by atoms with E-state index in [0.717, 1.165) is 16.4 Å². The van der Waals surface area contributed by atoms with Crippen LogP contribution in [0, 0.1) is 20.8 Å². The predicted molar refractivity (Wildman–Crippen MR) is 62.6 cm³/mol. The van der Waals surface area contributed by atoms with Crippen molar-refractivity contribution >= 4 is 17.3 Å². The summed E-state index contributed by atoms with van der Waals surface area (Å²) in [5.74, 6) is -0.980. The van der Waals surface area contributed by atoms with E-state index >= 15 is 0 Å². The van der Waals surface area contributed by atoms with Gasteiger partial charge in [0, 0.05) is 11.4 Å². The first-order chi connectivity index (χ1) is 7.50. The van der Waals surface area contributed by atoms with Crippen molar-refractivity contribution in [2.75, 3.05) is 0 Å². The molecule has 0 saturated heterocycles. The monoisotopic (exact) mass is 236 g/mol. The molecule has 5 heteroatoms. The maximum absolute atomic E-state index is 11.1. The molecular formula is C11H12N2O2S. The van der Waals surface area contributed by atoms with Crippen LogP contribution >= 0.6 is 11.3 Å². The van der Waals surface area contributed by atoms with Gasteiger partial charge >= 0.3 is 5.97 Å². The number of hydrogen-bond acceptors (Lipinski definition) is 3. The summed E-state index contributed by atoms with van der Waals surface area (Å²) in [5.41, 5.74) is 2.16. The number of hydrogen-bond donors (Lipinski definition) is 1. The van der Waals surface area contributed by atoms with E-state index in [1.807, 2.05) is 37.5 Å². The molecule has 0 aliphatic rings. The number of rotatable bonds is 2. The van der Waals surface area contributed by atoms with E-state index in [1.54, 1.807) is 0 Å². The molecule has 84 valence electrons. The van der Waals surface area contributed by atoms with E-state index in [9.17, 15) is 4.79 Å². The Morgan fingerprint density at radius 1 is 1.31 bits per heavy atom. The van der Waals surface area contributed by atoms with Crippen LogP contribution in [0.4, 0.5) is 0 Å². The maximum Gasteiger partial charge on any atom is 0.357 e. The molecule has 0 fully saturated rings. The molecule has 0 saturated carbocycles. The van der Waals surface area contributed by atoms with Crippen LogP contribution < -0.4 is 0 Å². The first-order valence-electron chi connectivity index (χ1n) is 4.86. The average molecular weight is 236 g/mol. The summed E-state index contributed by atoms with van der Waals surface area (Å²) in [4.78, 5) is 15.1. The van der Waals surface area contributed by atoms with Gasteiger partial charge in [0.25, 0.3) is 0 Å². The fraction of sp³-hybridized carbons (Fsp3) is 0.273. The zero-order valence-corrected chi connectivity index (χ0v) is 10.1. The topological polar surface area (TPSA) is 55.1 Å². The Hall–Kier alpha value is -1.62. The molecule has 0 bridgehead atoms. The van der Waals surface area contributed by atoms with Crippen LogP contribution in [0.3, 0.4) is 0 Å². The van der Waals surface area contributed by atoms with Crippen LogP contribution in [0.2, 0.25) is 0 Å². The van der Waals surface area contributed by atoms with E-state index < -0.39 is 5.97 Å². The summed E-state index contributed by atoms with van der Waals surface area (Å²) >= 11 is 1.40. The van der Waals surface area contributed by atoms with Crippen molar-refractivity contribution in [3.05, 3.63) is 34.2 Å². The average Bonchev–Trinajstić information content (AvgIpc) is 2.70. The molecule has 0 aliphatic heterocycles. The minimum absolute atomic E-state index is 0.130. The minimum atomic E-state index is -0.980. The van der Waals surface area contributed by atoms with Crippen molar-refractivity contribution in [1.29, 1.82) is 0 Å². The van der Waals surface area contributed by atoms with Crippen LogP contribution in [0.5, 0.6) is 0 Å². The lowest BCUT2D eigenvalue weighted by molar-refractivity contribution is 0.0691. The van der Waals surface area contributed by atoms with Gasteiger partial charge in [-0.25, -0.2) is 9.78 Å². The van der Waals surface area contributed by atoms with Crippen LogP contribution in [-0.4, -0.2) is 20.6 Å². The summed E-state index contributed by atoms with van der Waals surface area (Å²) in [6.45, 7) is 5.72. The molecule has 0 unspecified atom stereocenters. The van der Waals surface area contributed by atoms with Gasteiger partial charge in [-0.15, -0.1) is 11.3 Å². The third-order valence-corrected chi connectivity index (χ3v) is 3.35. The summed E-state index contributed by atoms with van der Waals surface area (Å²) < 4.78 is 1.92. The lowest BCUT2D eigenvalue weighted by Gasteiger charge is -2.06. The standard InChI is InChI=1S/C11H12N2O2S/c1-6-4-5-7(2)13(6)10-9(11(14)15)12-8(3)16-10/h4-5H,1-3H3,(H,14,15). The number of nitrogens with zero attached hydrogens (tertiary/aromatic N) is 2. The van der Waals surface area contributed by atoms with Gasteiger partial charge in [-0.1, -0.05) is 0 Å². The summed E-state index contributed by atoms with van der Waals surface area (Å²) in [6, 6.07) is 3.94. The molecule has 2 aromatic rings. The van der Waals surface area contributed by atoms with E-state index in [-0.39, 0.29) is 5.69 Å². The Balaban J connectivity index is 2.68. The van der Waals surface area contributed by atoms with Gasteiger partial charge < -0.3 is 9.67 Å². The van der Waals surface area contributed by atoms with E-state index in [2.05, 4.69) is 4.98 Å². The summed E-state index contributed by atoms with van der Waals surface area (Å²) in [5, 5.41) is 10.5. The SMILES string of the molecule is Cc1nc(C(=O)O)c(-n2c(C)ccc2C)s1. The van der Waals surface area contributed by atoms with Crippen molar-refractivity contribution in [3.8, 4) is 5.00 Å². The van der Waals surface area contributed by atoms with Crippen LogP contribution in [0.1, 0.15) is 26.9 Å². The van der Waals surface area contributed by atoms with Gasteiger partial charge in [-0.3, -0.25) is 0 Å². The van der Waals surface area contributed by atoms with Crippen molar-refractivity contribution in [2.45, 2.75) is 20.8 Å². The first-order valence-corrected chi connectivity index (χ1v) is 5.68. The number of aromatic nitrogens is 2. The lowest BCUT2D eigenvalue weighted by atomic mass is 10.4. The Bertz CT molecular complexity index is 535. The predicted octanol–water partition coefficient (Wildman–Crippen LogP) is 2.56. The van der Waals surface area contributed by atoms with Crippen LogP contribution in [0.25, 0.3) is 5.00 Å². The number of aryl methyl sites for hydroxylation is 3. The number of carboxylic acid groups (broad SMARTS) is 1. The highest BCUT2D eigenvalue weighted by Crippen LogP contribution is 2.26. The van der Waals surface area contributed by atoms with Crippen LogP contribution in [0.15, 0.2) is 12.1 Å². The van der Waals surface area contributed by atoms with Crippen LogP contribution in [-0.2, 0) is 0 Å². The number of carbonyl (C=O) groups is 1. The molecule has 1 N–H and O–H groups in total. The Morgan fingerprint density at radius 2 is 1.88 bits per heavy atom. The van der Waals surface area contributed by atoms with Crippen molar-refractivity contribution < 1.29 is 9.90 Å². The van der Waals surface area contributed by atoms with E-state index in [4.69, 9.17) is 5.11 Å². The van der Waals surface area contributed by atoms with E-state index in [0.29, 0.717) is 5.00 Å². The van der Waals surface area contributed by atoms with Gasteiger partial charge in [-0.2, -0.15) is 0 Å². The molecule has 0 aromatic carbocycles. The zero-order chi connectivity index (χ0) is 11.9. The largest absolute Gasteiger partial charge is 0.476 e. The van der Waals surface area contributed by atoms with Gasteiger partial charge in [0.2, 0.25) is 0 Å². The van der Waals surface area contributed by atoms with Gasteiger partial charge in [-0.05, 0) is 32.9 Å². The van der Waals surface area contributed by atoms with Crippen molar-refractivity contribution in [1.82, 2.24) is 9.55 Å². The smallest absolute Gasteiger partial charge is 0.357 e. The van der Waals surface area contributed by atoms with Gasteiger partial charge in [0.1, 0.15) is 5.00 Å².